The summed E-state index contributed by atoms with van der Waals surface area (Å²) >= 11 is 1.70. The highest BCUT2D eigenvalue weighted by atomic mass is 32.1. The minimum atomic E-state index is 0.300. The Balaban J connectivity index is 2.54. The van der Waals surface area contributed by atoms with Gasteiger partial charge in [-0.2, -0.15) is 5.10 Å². The summed E-state index contributed by atoms with van der Waals surface area (Å²) in [7, 11) is 5.50. The third-order valence-corrected chi connectivity index (χ3v) is 4.59. The number of ether oxygens (including phenoxy) is 1. The van der Waals surface area contributed by atoms with Gasteiger partial charge in [-0.05, 0) is 27.8 Å². The van der Waals surface area contributed by atoms with Crippen LogP contribution in [0.15, 0.2) is 0 Å². The van der Waals surface area contributed by atoms with Crippen molar-refractivity contribution in [3.05, 3.63) is 16.3 Å². The van der Waals surface area contributed by atoms with E-state index in [0.717, 1.165) is 27.8 Å². The zero-order valence-corrected chi connectivity index (χ0v) is 13.1. The lowest BCUT2D eigenvalue weighted by Crippen LogP contribution is -2.11. The first-order valence-electron chi connectivity index (χ1n) is 6.22. The quantitative estimate of drug-likeness (QED) is 0.934. The summed E-state index contributed by atoms with van der Waals surface area (Å²) in [6.45, 7) is 6.16. The van der Waals surface area contributed by atoms with Crippen LogP contribution >= 0.6 is 11.3 Å². The largest absolute Gasteiger partial charge is 0.481 e. The highest BCUT2D eigenvalue weighted by Gasteiger charge is 2.21. The van der Waals surface area contributed by atoms with Crippen LogP contribution in [-0.2, 0) is 7.05 Å². The second-order valence-corrected chi connectivity index (χ2v) is 5.60. The van der Waals surface area contributed by atoms with E-state index in [2.05, 4.69) is 22.3 Å². The highest BCUT2D eigenvalue weighted by Crippen LogP contribution is 2.38. The predicted octanol–water partition coefficient (Wildman–Crippen LogP) is 2.45. The molecular formula is C13H20N4OS. The van der Waals surface area contributed by atoms with Gasteiger partial charge in [0.15, 0.2) is 0 Å². The summed E-state index contributed by atoms with van der Waals surface area (Å²) in [5.74, 6) is 0.759. The molecule has 2 aromatic rings. The van der Waals surface area contributed by atoms with Crippen molar-refractivity contribution in [1.29, 1.82) is 0 Å². The van der Waals surface area contributed by atoms with Crippen LogP contribution in [0.4, 0.5) is 0 Å². The van der Waals surface area contributed by atoms with Crippen molar-refractivity contribution >= 4 is 11.3 Å². The van der Waals surface area contributed by atoms with Crippen LogP contribution in [-0.4, -0.2) is 28.9 Å². The normalized spacial score (nSPS) is 12.7. The molecule has 6 heteroatoms. The summed E-state index contributed by atoms with van der Waals surface area (Å²) in [6, 6.07) is 0.300. The van der Waals surface area contributed by atoms with Gasteiger partial charge in [0.2, 0.25) is 5.88 Å². The van der Waals surface area contributed by atoms with E-state index in [-0.39, 0.29) is 0 Å². The first-order valence-corrected chi connectivity index (χ1v) is 7.03. The van der Waals surface area contributed by atoms with E-state index >= 15 is 0 Å². The molecule has 1 N–H and O–H groups in total. The van der Waals surface area contributed by atoms with Gasteiger partial charge >= 0.3 is 0 Å². The highest BCUT2D eigenvalue weighted by molar-refractivity contribution is 7.15. The van der Waals surface area contributed by atoms with E-state index in [0.29, 0.717) is 6.04 Å². The molecule has 2 rings (SSSR count). The van der Waals surface area contributed by atoms with E-state index in [4.69, 9.17) is 4.74 Å². The van der Waals surface area contributed by atoms with Gasteiger partial charge in [0, 0.05) is 18.0 Å². The third-order valence-electron chi connectivity index (χ3n) is 3.24. The van der Waals surface area contributed by atoms with Crippen LogP contribution < -0.4 is 10.1 Å². The minimum Gasteiger partial charge on any atom is -0.481 e. The Bertz CT molecular complexity index is 588. The van der Waals surface area contributed by atoms with Gasteiger partial charge in [0.05, 0.1) is 24.1 Å². The average molecular weight is 280 g/mol. The van der Waals surface area contributed by atoms with Crippen molar-refractivity contribution < 1.29 is 4.74 Å². The van der Waals surface area contributed by atoms with Gasteiger partial charge in [-0.15, -0.1) is 11.3 Å². The first kappa shape index (κ1) is 14.0. The molecule has 1 atom stereocenters. The maximum absolute atomic E-state index is 5.44. The number of aryl methyl sites for hydroxylation is 3. The number of methoxy groups -OCH3 is 1. The molecule has 1 unspecified atom stereocenters. The van der Waals surface area contributed by atoms with Crippen molar-refractivity contribution in [1.82, 2.24) is 20.1 Å². The maximum Gasteiger partial charge on any atom is 0.222 e. The minimum absolute atomic E-state index is 0.300. The molecule has 0 spiro atoms. The lowest BCUT2D eigenvalue weighted by atomic mass is 10.2. The number of rotatable bonds is 4. The number of hydrogen-bond donors (Lipinski definition) is 1. The molecule has 2 aromatic heterocycles. The molecule has 19 heavy (non-hydrogen) atoms. The van der Waals surface area contributed by atoms with Crippen molar-refractivity contribution in [2.45, 2.75) is 26.8 Å². The van der Waals surface area contributed by atoms with E-state index < -0.39 is 0 Å². The summed E-state index contributed by atoms with van der Waals surface area (Å²) in [5.41, 5.74) is 3.00. The van der Waals surface area contributed by atoms with E-state index in [1.807, 2.05) is 27.9 Å². The molecule has 0 aliphatic carbocycles. The topological polar surface area (TPSA) is 52.0 Å². The van der Waals surface area contributed by atoms with Gasteiger partial charge in [-0.25, -0.2) is 9.67 Å². The lowest BCUT2D eigenvalue weighted by molar-refractivity contribution is 0.375. The zero-order valence-electron chi connectivity index (χ0n) is 12.2. The van der Waals surface area contributed by atoms with Crippen LogP contribution in [0.2, 0.25) is 0 Å². The third kappa shape index (κ3) is 2.37. The molecule has 0 aliphatic heterocycles. The monoisotopic (exact) mass is 280 g/mol. The molecule has 5 nitrogen and oxygen atoms in total. The molecule has 104 valence electrons. The molecule has 0 aromatic carbocycles. The number of hydrogen-bond acceptors (Lipinski definition) is 5. The van der Waals surface area contributed by atoms with Crippen LogP contribution in [0.5, 0.6) is 5.88 Å². The molecule has 0 aliphatic rings. The Hall–Kier alpha value is -1.40. The second kappa shape index (κ2) is 5.30. The maximum atomic E-state index is 5.44. The Kier molecular flexibility index (Phi) is 3.91. The molecule has 0 saturated carbocycles. The predicted molar refractivity (Wildman–Crippen MR) is 77.8 cm³/mol. The standard InChI is InChI=1S/C13H20N4OS/c1-7-10(13(18-6)17(5)16-7)12-15-9(3)11(19-12)8(2)14-4/h8,14H,1-6H3. The Morgan fingerprint density at radius 1 is 1.32 bits per heavy atom. The number of thiazole rings is 1. The lowest BCUT2D eigenvalue weighted by Gasteiger charge is -2.07. The summed E-state index contributed by atoms with van der Waals surface area (Å²) in [6.07, 6.45) is 0. The molecule has 0 fully saturated rings. The fourth-order valence-corrected chi connectivity index (χ4v) is 3.38. The van der Waals surface area contributed by atoms with Crippen molar-refractivity contribution in [3.63, 3.8) is 0 Å². The van der Waals surface area contributed by atoms with Crippen LogP contribution in [0.25, 0.3) is 10.6 Å². The fraction of sp³-hybridized carbons (Fsp3) is 0.538. The Labute approximate surface area is 117 Å². The average Bonchev–Trinajstić information content (AvgIpc) is 2.88. The molecule has 0 amide bonds. The second-order valence-electron chi connectivity index (χ2n) is 4.57. The smallest absolute Gasteiger partial charge is 0.222 e. The van der Waals surface area contributed by atoms with Gasteiger partial charge in [0.25, 0.3) is 0 Å². The van der Waals surface area contributed by atoms with E-state index in [1.54, 1.807) is 23.1 Å². The molecule has 0 saturated heterocycles. The summed E-state index contributed by atoms with van der Waals surface area (Å²) in [5, 5.41) is 8.63. The van der Waals surface area contributed by atoms with Gasteiger partial charge in [-0.1, -0.05) is 0 Å². The Morgan fingerprint density at radius 2 is 2.00 bits per heavy atom. The van der Waals surface area contributed by atoms with Crippen LogP contribution in [0.1, 0.15) is 29.2 Å². The number of nitrogens with one attached hydrogen (secondary N) is 1. The fourth-order valence-electron chi connectivity index (χ4n) is 2.17. The van der Waals surface area contributed by atoms with Crippen LogP contribution in [0.3, 0.4) is 0 Å². The van der Waals surface area contributed by atoms with Crippen molar-refractivity contribution in [3.8, 4) is 16.5 Å². The molecule has 0 radical (unpaired) electrons. The first-order chi connectivity index (χ1) is 8.99. The molecule has 0 bridgehead atoms. The van der Waals surface area contributed by atoms with Gasteiger partial charge < -0.3 is 10.1 Å². The Morgan fingerprint density at radius 3 is 2.58 bits per heavy atom. The van der Waals surface area contributed by atoms with Gasteiger partial charge in [0.1, 0.15) is 5.01 Å². The summed E-state index contributed by atoms with van der Waals surface area (Å²) in [4.78, 5) is 5.93. The zero-order chi connectivity index (χ0) is 14.2. The number of nitrogens with zero attached hydrogens (tertiary/aromatic N) is 3. The molecular weight excluding hydrogens is 260 g/mol. The van der Waals surface area contributed by atoms with E-state index in [1.165, 1.54) is 4.88 Å². The SMILES string of the molecule is CNC(C)c1sc(-c2c(C)nn(C)c2OC)nc1C. The van der Waals surface area contributed by atoms with Crippen molar-refractivity contribution in [2.75, 3.05) is 14.2 Å². The molecule has 2 heterocycles. The van der Waals surface area contributed by atoms with E-state index in [9.17, 15) is 0 Å². The number of aromatic nitrogens is 3. The van der Waals surface area contributed by atoms with Crippen molar-refractivity contribution in [2.24, 2.45) is 7.05 Å². The summed E-state index contributed by atoms with van der Waals surface area (Å²) < 4.78 is 7.19. The van der Waals surface area contributed by atoms with Gasteiger partial charge in [-0.3, -0.25) is 0 Å². The van der Waals surface area contributed by atoms with Crippen LogP contribution in [0, 0.1) is 13.8 Å².